The van der Waals surface area contributed by atoms with Crippen LogP contribution in [0.25, 0.3) is 0 Å². The summed E-state index contributed by atoms with van der Waals surface area (Å²) in [6.07, 6.45) is 0. The molecule has 8 heteroatoms. The molecule has 0 saturated carbocycles. The number of sulfonamides is 1. The number of rotatable bonds is 5. The summed E-state index contributed by atoms with van der Waals surface area (Å²) in [7, 11) is -2.31. The number of halogens is 1. The van der Waals surface area contributed by atoms with Crippen molar-refractivity contribution in [3.63, 3.8) is 0 Å². The number of nitrogens with zero attached hydrogens (tertiary/aromatic N) is 2. The molecule has 1 aliphatic heterocycles. The van der Waals surface area contributed by atoms with Crippen molar-refractivity contribution in [3.8, 4) is 0 Å². The van der Waals surface area contributed by atoms with E-state index in [9.17, 15) is 17.6 Å². The van der Waals surface area contributed by atoms with E-state index in [4.69, 9.17) is 4.74 Å². The van der Waals surface area contributed by atoms with Crippen molar-refractivity contribution in [2.75, 3.05) is 33.3 Å². The van der Waals surface area contributed by atoms with Gasteiger partial charge in [0.15, 0.2) is 0 Å². The second-order valence-electron chi connectivity index (χ2n) is 6.26. The topological polar surface area (TPSA) is 66.9 Å². The molecular weight excluding hydrogens is 371 g/mol. The summed E-state index contributed by atoms with van der Waals surface area (Å²) in [4.78, 5) is 13.9. The maximum absolute atomic E-state index is 13.9. The molecule has 144 valence electrons. The molecule has 0 radical (unpaired) electrons. The zero-order valence-corrected chi connectivity index (χ0v) is 15.8. The van der Waals surface area contributed by atoms with Crippen molar-refractivity contribution >= 4 is 15.9 Å². The van der Waals surface area contributed by atoms with Crippen molar-refractivity contribution < 1.29 is 22.3 Å². The van der Waals surface area contributed by atoms with Crippen molar-refractivity contribution in [1.82, 2.24) is 9.21 Å². The fourth-order valence-corrected chi connectivity index (χ4v) is 4.50. The van der Waals surface area contributed by atoms with Gasteiger partial charge in [-0.15, -0.1) is 0 Å². The summed E-state index contributed by atoms with van der Waals surface area (Å²) in [6, 6.07) is 12.4. The summed E-state index contributed by atoms with van der Waals surface area (Å²) < 4.78 is 45.4. The summed E-state index contributed by atoms with van der Waals surface area (Å²) in [6.45, 7) is 1.24. The first-order valence-corrected chi connectivity index (χ1v) is 9.99. The molecular formula is C19H21FN2O4S. The zero-order valence-electron chi connectivity index (χ0n) is 15.0. The van der Waals surface area contributed by atoms with Gasteiger partial charge in [-0.2, -0.15) is 4.31 Å². The Morgan fingerprint density at radius 3 is 2.26 bits per heavy atom. The lowest BCUT2D eigenvalue weighted by molar-refractivity contribution is 0.0697. The van der Waals surface area contributed by atoms with Crippen LogP contribution in [0.1, 0.15) is 15.9 Å². The predicted octanol–water partition coefficient (Wildman–Crippen LogP) is 2.12. The van der Waals surface area contributed by atoms with Gasteiger partial charge in [0, 0.05) is 38.9 Å². The predicted molar refractivity (Wildman–Crippen MR) is 98.2 cm³/mol. The number of methoxy groups -OCH3 is 1. The van der Waals surface area contributed by atoms with Gasteiger partial charge in [0.2, 0.25) is 10.0 Å². The van der Waals surface area contributed by atoms with E-state index in [0.717, 1.165) is 11.6 Å². The summed E-state index contributed by atoms with van der Waals surface area (Å²) >= 11 is 0. The first kappa shape index (κ1) is 19.5. The third-order valence-electron chi connectivity index (χ3n) is 4.49. The van der Waals surface area contributed by atoms with Crippen LogP contribution in [-0.4, -0.2) is 56.8 Å². The van der Waals surface area contributed by atoms with Crippen LogP contribution in [0.3, 0.4) is 0 Å². The molecule has 1 saturated heterocycles. The van der Waals surface area contributed by atoms with Crippen LogP contribution in [0, 0.1) is 5.82 Å². The molecule has 0 spiro atoms. The molecule has 0 unspecified atom stereocenters. The highest BCUT2D eigenvalue weighted by molar-refractivity contribution is 7.89. The van der Waals surface area contributed by atoms with E-state index in [1.807, 2.05) is 12.1 Å². The van der Waals surface area contributed by atoms with Gasteiger partial charge in [-0.05, 0) is 29.8 Å². The lowest BCUT2D eigenvalue weighted by Crippen LogP contribution is -2.50. The standard InChI is InChI=1S/C19H21FN2O4S/c1-26-14-15-6-8-16(9-7-15)19(23)21-10-12-22(13-11-21)27(24,25)18-5-3-2-4-17(18)20/h2-9H,10-14H2,1H3. The van der Waals surface area contributed by atoms with Crippen LogP contribution in [0.15, 0.2) is 53.4 Å². The summed E-state index contributed by atoms with van der Waals surface area (Å²) in [5.41, 5.74) is 1.51. The van der Waals surface area contributed by atoms with Gasteiger partial charge >= 0.3 is 0 Å². The number of hydrogen-bond donors (Lipinski definition) is 0. The maximum Gasteiger partial charge on any atom is 0.253 e. The number of piperazine rings is 1. The molecule has 2 aromatic carbocycles. The molecule has 1 amide bonds. The van der Waals surface area contributed by atoms with Crippen molar-refractivity contribution in [1.29, 1.82) is 0 Å². The van der Waals surface area contributed by atoms with E-state index < -0.39 is 15.8 Å². The molecule has 1 fully saturated rings. The average Bonchev–Trinajstić information content (AvgIpc) is 2.68. The van der Waals surface area contributed by atoms with Gasteiger partial charge < -0.3 is 9.64 Å². The maximum atomic E-state index is 13.9. The molecule has 2 aromatic rings. The van der Waals surface area contributed by atoms with Crippen molar-refractivity contribution in [3.05, 3.63) is 65.5 Å². The van der Waals surface area contributed by atoms with E-state index in [1.165, 1.54) is 22.5 Å². The highest BCUT2D eigenvalue weighted by atomic mass is 32.2. The quantitative estimate of drug-likeness (QED) is 0.782. The highest BCUT2D eigenvalue weighted by Crippen LogP contribution is 2.21. The van der Waals surface area contributed by atoms with Gasteiger partial charge in [-0.3, -0.25) is 4.79 Å². The highest BCUT2D eigenvalue weighted by Gasteiger charge is 2.31. The third-order valence-corrected chi connectivity index (χ3v) is 6.42. The Balaban J connectivity index is 1.66. The van der Waals surface area contributed by atoms with Crippen molar-refractivity contribution in [2.45, 2.75) is 11.5 Å². The number of carbonyl (C=O) groups excluding carboxylic acids is 1. The normalized spacial score (nSPS) is 15.7. The van der Waals surface area contributed by atoms with Crippen LogP contribution in [-0.2, 0) is 21.4 Å². The molecule has 6 nitrogen and oxygen atoms in total. The third kappa shape index (κ3) is 4.18. The minimum atomic E-state index is -3.91. The SMILES string of the molecule is COCc1ccc(C(=O)N2CCN(S(=O)(=O)c3ccccc3F)CC2)cc1. The van der Waals surface area contributed by atoms with Crippen LogP contribution in [0.2, 0.25) is 0 Å². The Morgan fingerprint density at radius 1 is 1.04 bits per heavy atom. The van der Waals surface area contributed by atoms with E-state index >= 15 is 0 Å². The number of amides is 1. The molecule has 0 aromatic heterocycles. The lowest BCUT2D eigenvalue weighted by atomic mass is 10.1. The summed E-state index contributed by atoms with van der Waals surface area (Å²) in [5.74, 6) is -0.922. The Bertz CT molecular complexity index is 908. The first-order valence-electron chi connectivity index (χ1n) is 8.55. The van der Waals surface area contributed by atoms with E-state index in [-0.39, 0.29) is 37.0 Å². The minimum Gasteiger partial charge on any atom is -0.380 e. The molecule has 1 heterocycles. The molecule has 3 rings (SSSR count). The summed E-state index contributed by atoms with van der Waals surface area (Å²) in [5, 5.41) is 0. The van der Waals surface area contributed by atoms with E-state index in [2.05, 4.69) is 0 Å². The van der Waals surface area contributed by atoms with E-state index in [1.54, 1.807) is 24.1 Å². The van der Waals surface area contributed by atoms with Gasteiger partial charge in [-0.25, -0.2) is 12.8 Å². The molecule has 0 bridgehead atoms. The van der Waals surface area contributed by atoms with Crippen LogP contribution >= 0.6 is 0 Å². The minimum absolute atomic E-state index is 0.129. The van der Waals surface area contributed by atoms with Crippen LogP contribution in [0.5, 0.6) is 0 Å². The molecule has 0 N–H and O–H groups in total. The Labute approximate surface area is 158 Å². The number of ether oxygens (including phenoxy) is 1. The van der Waals surface area contributed by atoms with Crippen LogP contribution < -0.4 is 0 Å². The van der Waals surface area contributed by atoms with Gasteiger partial charge in [-0.1, -0.05) is 24.3 Å². The molecule has 0 atom stereocenters. The first-order chi connectivity index (χ1) is 12.9. The average molecular weight is 392 g/mol. The van der Waals surface area contributed by atoms with E-state index in [0.29, 0.717) is 12.2 Å². The molecule has 1 aliphatic rings. The number of benzene rings is 2. The number of carbonyl (C=O) groups is 1. The van der Waals surface area contributed by atoms with Crippen molar-refractivity contribution in [2.24, 2.45) is 0 Å². The fraction of sp³-hybridized carbons (Fsp3) is 0.316. The van der Waals surface area contributed by atoms with Crippen LogP contribution in [0.4, 0.5) is 4.39 Å². The monoisotopic (exact) mass is 392 g/mol. The smallest absolute Gasteiger partial charge is 0.253 e. The molecule has 27 heavy (non-hydrogen) atoms. The lowest BCUT2D eigenvalue weighted by Gasteiger charge is -2.34. The molecule has 0 aliphatic carbocycles. The van der Waals surface area contributed by atoms with Gasteiger partial charge in [0.1, 0.15) is 10.7 Å². The van der Waals surface area contributed by atoms with Gasteiger partial charge in [0.25, 0.3) is 5.91 Å². The Morgan fingerprint density at radius 2 is 1.67 bits per heavy atom. The fourth-order valence-electron chi connectivity index (χ4n) is 3.02. The largest absolute Gasteiger partial charge is 0.380 e. The zero-order chi connectivity index (χ0) is 19.4. The van der Waals surface area contributed by atoms with Gasteiger partial charge in [0.05, 0.1) is 6.61 Å². The number of hydrogen-bond acceptors (Lipinski definition) is 4. The Kier molecular flexibility index (Phi) is 5.88. The Hall–Kier alpha value is -2.29. The second kappa shape index (κ2) is 8.16. The second-order valence-corrected chi connectivity index (χ2v) is 8.16.